The predicted molar refractivity (Wildman–Crippen MR) is 64.7 cm³/mol. The van der Waals surface area contributed by atoms with E-state index < -0.39 is 4.92 Å². The van der Waals surface area contributed by atoms with Crippen molar-refractivity contribution in [2.75, 3.05) is 13.6 Å². The van der Waals surface area contributed by atoms with Crippen molar-refractivity contribution in [2.45, 2.75) is 13.0 Å². The van der Waals surface area contributed by atoms with Crippen molar-refractivity contribution >= 4 is 17.3 Å². The van der Waals surface area contributed by atoms with Gasteiger partial charge in [0.15, 0.2) is 0 Å². The van der Waals surface area contributed by atoms with Crippen molar-refractivity contribution in [3.8, 4) is 6.07 Å². The summed E-state index contributed by atoms with van der Waals surface area (Å²) in [7, 11) is 1.80. The van der Waals surface area contributed by atoms with Crippen LogP contribution in [-0.4, -0.2) is 23.4 Å². The number of halogens is 1. The van der Waals surface area contributed by atoms with Crippen molar-refractivity contribution < 1.29 is 4.92 Å². The van der Waals surface area contributed by atoms with Crippen LogP contribution in [0.3, 0.4) is 0 Å². The summed E-state index contributed by atoms with van der Waals surface area (Å²) in [5.74, 6) is 0. The van der Waals surface area contributed by atoms with Crippen molar-refractivity contribution in [3.63, 3.8) is 0 Å². The van der Waals surface area contributed by atoms with Crippen LogP contribution in [0.1, 0.15) is 12.0 Å². The van der Waals surface area contributed by atoms with Gasteiger partial charge in [-0.15, -0.1) is 0 Å². The number of nitrogens with zero attached hydrogens (tertiary/aromatic N) is 3. The summed E-state index contributed by atoms with van der Waals surface area (Å²) >= 11 is 5.96. The molecular weight excluding hydrogens is 242 g/mol. The highest BCUT2D eigenvalue weighted by molar-refractivity contribution is 6.31. The van der Waals surface area contributed by atoms with E-state index in [1.54, 1.807) is 19.2 Å². The third kappa shape index (κ3) is 3.70. The monoisotopic (exact) mass is 253 g/mol. The molecule has 0 saturated carbocycles. The zero-order chi connectivity index (χ0) is 12.8. The summed E-state index contributed by atoms with van der Waals surface area (Å²) in [6.45, 7) is 0.913. The standard InChI is InChI=1S/C11H12ClN3O2/c1-14(7-3-6-13)8-9-10(12)4-2-5-11(9)15(16)17/h2,4-5H,3,7-8H2,1H3. The molecule has 1 rings (SSSR count). The molecule has 0 N–H and O–H groups in total. The quantitative estimate of drug-likeness (QED) is 0.597. The van der Waals surface area contributed by atoms with Crippen LogP contribution >= 0.6 is 11.6 Å². The van der Waals surface area contributed by atoms with E-state index >= 15 is 0 Å². The number of hydrogen-bond acceptors (Lipinski definition) is 4. The van der Waals surface area contributed by atoms with Gasteiger partial charge in [-0.25, -0.2) is 0 Å². The van der Waals surface area contributed by atoms with Crippen LogP contribution in [0.2, 0.25) is 5.02 Å². The number of nitro benzene ring substituents is 1. The summed E-state index contributed by atoms with van der Waals surface area (Å²) in [5, 5.41) is 19.7. The first-order valence-corrected chi connectivity index (χ1v) is 5.41. The Labute approximate surface area is 104 Å². The van der Waals surface area contributed by atoms with Crippen molar-refractivity contribution in [2.24, 2.45) is 0 Å². The van der Waals surface area contributed by atoms with Gasteiger partial charge in [-0.05, 0) is 13.1 Å². The fourth-order valence-electron chi connectivity index (χ4n) is 1.46. The maximum atomic E-state index is 10.8. The highest BCUT2D eigenvalue weighted by atomic mass is 35.5. The Morgan fingerprint density at radius 2 is 2.29 bits per heavy atom. The van der Waals surface area contributed by atoms with Crippen LogP contribution in [0.15, 0.2) is 18.2 Å². The number of nitriles is 1. The second kappa shape index (κ2) is 6.18. The van der Waals surface area contributed by atoms with E-state index in [9.17, 15) is 10.1 Å². The van der Waals surface area contributed by atoms with Crippen molar-refractivity contribution in [1.29, 1.82) is 5.26 Å². The Morgan fingerprint density at radius 3 is 2.88 bits per heavy atom. The second-order valence-electron chi connectivity index (χ2n) is 3.64. The largest absolute Gasteiger partial charge is 0.301 e. The zero-order valence-electron chi connectivity index (χ0n) is 9.39. The van der Waals surface area contributed by atoms with Gasteiger partial charge in [0, 0.05) is 25.6 Å². The Kier molecular flexibility index (Phi) is 4.88. The van der Waals surface area contributed by atoms with Crippen LogP contribution < -0.4 is 0 Å². The van der Waals surface area contributed by atoms with Crippen molar-refractivity contribution in [1.82, 2.24) is 4.90 Å². The van der Waals surface area contributed by atoms with Crippen LogP contribution in [0.5, 0.6) is 0 Å². The lowest BCUT2D eigenvalue weighted by Gasteiger charge is -2.15. The van der Waals surface area contributed by atoms with E-state index in [4.69, 9.17) is 16.9 Å². The molecule has 0 amide bonds. The fourth-order valence-corrected chi connectivity index (χ4v) is 1.69. The van der Waals surface area contributed by atoms with Gasteiger partial charge >= 0.3 is 0 Å². The number of benzene rings is 1. The molecule has 0 unspecified atom stereocenters. The van der Waals surface area contributed by atoms with Gasteiger partial charge < -0.3 is 4.90 Å². The lowest BCUT2D eigenvalue weighted by molar-refractivity contribution is -0.385. The molecule has 0 saturated heterocycles. The summed E-state index contributed by atoms with van der Waals surface area (Å²) in [5.41, 5.74) is 0.501. The van der Waals surface area contributed by atoms with Gasteiger partial charge in [-0.1, -0.05) is 17.7 Å². The first-order chi connectivity index (χ1) is 8.06. The lowest BCUT2D eigenvalue weighted by Crippen LogP contribution is -2.19. The summed E-state index contributed by atoms with van der Waals surface area (Å²) in [6.07, 6.45) is 0.384. The highest BCUT2D eigenvalue weighted by Crippen LogP contribution is 2.27. The minimum atomic E-state index is -0.445. The maximum Gasteiger partial charge on any atom is 0.275 e. The average molecular weight is 254 g/mol. The van der Waals surface area contributed by atoms with E-state index in [-0.39, 0.29) is 5.69 Å². The maximum absolute atomic E-state index is 10.8. The molecule has 0 radical (unpaired) electrons. The SMILES string of the molecule is CN(CCC#N)Cc1c(Cl)cccc1[N+](=O)[O-]. The topological polar surface area (TPSA) is 70.2 Å². The minimum absolute atomic E-state index is 0.0151. The molecule has 1 aromatic rings. The van der Waals surface area contributed by atoms with Gasteiger partial charge in [0.25, 0.3) is 5.69 Å². The van der Waals surface area contributed by atoms with Crippen molar-refractivity contribution in [3.05, 3.63) is 38.9 Å². The van der Waals surface area contributed by atoms with Gasteiger partial charge in [0.1, 0.15) is 0 Å². The van der Waals surface area contributed by atoms with Gasteiger partial charge in [0.2, 0.25) is 0 Å². The molecule has 1 aromatic carbocycles. The van der Waals surface area contributed by atoms with E-state index in [1.165, 1.54) is 6.07 Å². The third-order valence-electron chi connectivity index (χ3n) is 2.32. The molecule has 0 spiro atoms. The molecule has 0 aliphatic carbocycles. The molecular formula is C11H12ClN3O2. The molecule has 0 fully saturated rings. The Hall–Kier alpha value is -1.64. The molecule has 6 heteroatoms. The smallest absolute Gasteiger partial charge is 0.275 e. The Balaban J connectivity index is 2.89. The molecule has 90 valence electrons. The van der Waals surface area contributed by atoms with E-state index in [1.807, 2.05) is 11.0 Å². The molecule has 17 heavy (non-hydrogen) atoms. The highest BCUT2D eigenvalue weighted by Gasteiger charge is 2.17. The zero-order valence-corrected chi connectivity index (χ0v) is 10.1. The third-order valence-corrected chi connectivity index (χ3v) is 2.68. The first-order valence-electron chi connectivity index (χ1n) is 5.03. The van der Waals surface area contributed by atoms with Gasteiger partial charge in [-0.3, -0.25) is 10.1 Å². The Morgan fingerprint density at radius 1 is 1.59 bits per heavy atom. The molecule has 0 aromatic heterocycles. The first kappa shape index (κ1) is 13.4. The second-order valence-corrected chi connectivity index (χ2v) is 4.05. The van der Waals surface area contributed by atoms with Gasteiger partial charge in [-0.2, -0.15) is 5.26 Å². The average Bonchev–Trinajstić information content (AvgIpc) is 2.28. The van der Waals surface area contributed by atoms with Crippen LogP contribution in [0, 0.1) is 21.4 Å². The Bertz CT molecular complexity index is 457. The molecule has 0 atom stereocenters. The lowest BCUT2D eigenvalue weighted by atomic mass is 10.1. The molecule has 0 bridgehead atoms. The number of hydrogen-bond donors (Lipinski definition) is 0. The van der Waals surface area contributed by atoms with E-state index in [2.05, 4.69) is 0 Å². The number of nitro groups is 1. The summed E-state index contributed by atoms with van der Waals surface area (Å²) in [6, 6.07) is 6.64. The van der Waals surface area contributed by atoms with E-state index in [0.717, 1.165) is 0 Å². The number of rotatable bonds is 5. The molecule has 0 heterocycles. The predicted octanol–water partition coefficient (Wildman–Crippen LogP) is 2.59. The molecule has 5 nitrogen and oxygen atoms in total. The van der Waals surface area contributed by atoms with Crippen LogP contribution in [0.25, 0.3) is 0 Å². The normalized spacial score (nSPS) is 10.2. The minimum Gasteiger partial charge on any atom is -0.301 e. The molecule has 0 aliphatic heterocycles. The molecule has 0 aliphatic rings. The van der Waals surface area contributed by atoms with E-state index in [0.29, 0.717) is 30.1 Å². The fraction of sp³-hybridized carbons (Fsp3) is 0.364. The van der Waals surface area contributed by atoms with Crippen LogP contribution in [0.4, 0.5) is 5.69 Å². The summed E-state index contributed by atoms with van der Waals surface area (Å²) in [4.78, 5) is 12.2. The summed E-state index contributed by atoms with van der Waals surface area (Å²) < 4.78 is 0. The van der Waals surface area contributed by atoms with Crippen LogP contribution in [-0.2, 0) is 6.54 Å². The van der Waals surface area contributed by atoms with Gasteiger partial charge in [0.05, 0.1) is 21.6 Å².